The molecule has 0 aliphatic carbocycles. The van der Waals surface area contributed by atoms with Crippen LogP contribution in [-0.2, 0) is 0 Å². The van der Waals surface area contributed by atoms with E-state index in [2.05, 4.69) is 0 Å². The van der Waals surface area contributed by atoms with Gasteiger partial charge in [-0.3, -0.25) is 0 Å². The van der Waals surface area contributed by atoms with Crippen LogP contribution in [0.25, 0.3) is 0 Å². The van der Waals surface area contributed by atoms with Crippen molar-refractivity contribution in [2.24, 2.45) is 0 Å². The topological polar surface area (TPSA) is 0 Å². The van der Waals surface area contributed by atoms with Gasteiger partial charge in [-0.2, -0.15) is 0 Å². The zero-order chi connectivity index (χ0) is 4.50. The molecule has 0 atom stereocenters. The first-order valence-electron chi connectivity index (χ1n) is 0.873. The maximum atomic E-state index is 9.75. The Kier molecular flexibility index (Phi) is 6.28. The number of hydrogen-bond acceptors (Lipinski definition) is 0. The molecule has 0 unspecified atom stereocenters. The van der Waals surface area contributed by atoms with Crippen LogP contribution in [0.15, 0.2) is 0 Å². The van der Waals surface area contributed by atoms with Crippen molar-refractivity contribution >= 4 is 7.25 Å². The molecular weight excluding hydrogens is 172 g/mol. The summed E-state index contributed by atoms with van der Waals surface area (Å²) in [5, 5.41) is 0. The van der Waals surface area contributed by atoms with E-state index in [1.807, 2.05) is 0 Å². The molecule has 0 saturated carbocycles. The monoisotopic (exact) mass is 173 g/mol. The molecule has 0 amide bonds. The fraction of sp³-hybridized carbons (Fsp3) is 0. The molecule has 0 spiro atoms. The SMILES string of the molecule is F[B-](F)(F)F.[H-].[Rb+]. The van der Waals surface area contributed by atoms with Crippen molar-refractivity contribution in [1.29, 1.82) is 0 Å². The molecule has 0 N–H and O–H groups in total. The number of hydrogen-bond donors (Lipinski definition) is 0. The third kappa shape index (κ3) is 46.6. The summed E-state index contributed by atoms with van der Waals surface area (Å²) < 4.78 is 39.0. The minimum Gasteiger partial charge on any atom is -1.00 e. The van der Waals surface area contributed by atoms with Gasteiger partial charge in [-0.1, -0.05) is 0 Å². The fourth-order valence-electron chi connectivity index (χ4n) is 0. The Labute approximate surface area is 82.7 Å². The van der Waals surface area contributed by atoms with E-state index in [0.29, 0.717) is 0 Å². The molecule has 0 aliphatic rings. The van der Waals surface area contributed by atoms with Crippen LogP contribution < -0.4 is 58.2 Å². The average Bonchev–Trinajstić information content (AvgIpc) is 0.722. The van der Waals surface area contributed by atoms with E-state index in [1.54, 1.807) is 0 Å². The summed E-state index contributed by atoms with van der Waals surface area (Å²) in [6, 6.07) is 0. The van der Waals surface area contributed by atoms with Gasteiger partial charge in [0.05, 0.1) is 0 Å². The molecular formula is HBF4Rb-. The zero-order valence-corrected chi connectivity index (χ0v) is 8.01. The van der Waals surface area contributed by atoms with Crippen LogP contribution in [0.4, 0.5) is 17.3 Å². The Balaban J connectivity index is -0.0000000800. The van der Waals surface area contributed by atoms with Gasteiger partial charge in [-0.05, 0) is 0 Å². The van der Waals surface area contributed by atoms with Crippen LogP contribution in [0.2, 0.25) is 0 Å². The van der Waals surface area contributed by atoms with Gasteiger partial charge in [-0.15, -0.1) is 0 Å². The van der Waals surface area contributed by atoms with Crippen molar-refractivity contribution in [2.45, 2.75) is 0 Å². The Hall–Kier alpha value is 1.59. The van der Waals surface area contributed by atoms with Gasteiger partial charge >= 0.3 is 65.4 Å². The van der Waals surface area contributed by atoms with Crippen molar-refractivity contribution in [1.82, 2.24) is 0 Å². The van der Waals surface area contributed by atoms with E-state index in [1.165, 1.54) is 0 Å². The molecule has 0 fully saturated rings. The van der Waals surface area contributed by atoms with Crippen molar-refractivity contribution < 1.29 is 76.9 Å². The summed E-state index contributed by atoms with van der Waals surface area (Å²) in [5.41, 5.74) is 0. The van der Waals surface area contributed by atoms with Gasteiger partial charge in [0.25, 0.3) is 0 Å². The molecule has 0 heterocycles. The van der Waals surface area contributed by atoms with Crippen LogP contribution in [0, 0.1) is 0 Å². The van der Waals surface area contributed by atoms with Gasteiger partial charge in [0.1, 0.15) is 0 Å². The fourth-order valence-corrected chi connectivity index (χ4v) is 0. The molecule has 6 heavy (non-hydrogen) atoms. The van der Waals surface area contributed by atoms with Crippen LogP contribution in [0.5, 0.6) is 0 Å². The van der Waals surface area contributed by atoms with Crippen molar-refractivity contribution in [3.05, 3.63) is 0 Å². The first-order valence-corrected chi connectivity index (χ1v) is 0.873. The minimum absolute atomic E-state index is 0. The first kappa shape index (κ1) is 10.5. The second-order valence-electron chi connectivity index (χ2n) is 0.495. The largest absolute Gasteiger partial charge is 1.00 e. The Morgan fingerprint density at radius 1 is 1.00 bits per heavy atom. The van der Waals surface area contributed by atoms with E-state index in [9.17, 15) is 17.3 Å². The van der Waals surface area contributed by atoms with Crippen LogP contribution in [0.1, 0.15) is 1.43 Å². The molecule has 0 saturated heterocycles. The molecule has 0 aliphatic heterocycles. The summed E-state index contributed by atoms with van der Waals surface area (Å²) in [6.07, 6.45) is 0. The third-order valence-electron chi connectivity index (χ3n) is 0. The van der Waals surface area contributed by atoms with Crippen LogP contribution in [0.3, 0.4) is 0 Å². The quantitative estimate of drug-likeness (QED) is 0.306. The van der Waals surface area contributed by atoms with Gasteiger partial charge in [0, 0.05) is 0 Å². The standard InChI is InChI=1S/BF4.Rb.H/c2-1(3,4)5;;/q-1;+1;-1. The molecule has 0 aromatic carbocycles. The normalized spacial score (nSPS) is 10.0. The summed E-state index contributed by atoms with van der Waals surface area (Å²) in [4.78, 5) is 0. The number of halogens is 4. The Bertz CT molecular complexity index is 27.2. The van der Waals surface area contributed by atoms with Gasteiger partial charge in [0.2, 0.25) is 0 Å². The van der Waals surface area contributed by atoms with Gasteiger partial charge < -0.3 is 18.7 Å². The van der Waals surface area contributed by atoms with E-state index in [0.717, 1.165) is 0 Å². The third-order valence-corrected chi connectivity index (χ3v) is 0. The van der Waals surface area contributed by atoms with Crippen LogP contribution >= 0.6 is 0 Å². The summed E-state index contributed by atoms with van der Waals surface area (Å²) >= 11 is 0. The zero-order valence-electron chi connectivity index (χ0n) is 4.09. The maximum absolute atomic E-state index is 9.75. The molecule has 0 radical (unpaired) electrons. The van der Waals surface area contributed by atoms with Gasteiger partial charge in [-0.25, -0.2) is 0 Å². The summed E-state index contributed by atoms with van der Waals surface area (Å²) in [7, 11) is -6.00. The molecule has 34 valence electrons. The van der Waals surface area contributed by atoms with Crippen molar-refractivity contribution in [3.8, 4) is 0 Å². The maximum Gasteiger partial charge on any atom is 1.00 e. The molecule has 0 bridgehead atoms. The second-order valence-corrected chi connectivity index (χ2v) is 0.495. The van der Waals surface area contributed by atoms with Crippen LogP contribution in [-0.4, -0.2) is 7.25 Å². The smallest absolute Gasteiger partial charge is 1.00 e. The molecule has 0 aromatic heterocycles. The predicted molar refractivity (Wildman–Crippen MR) is 11.3 cm³/mol. The van der Waals surface area contributed by atoms with Crippen molar-refractivity contribution in [2.75, 3.05) is 0 Å². The Morgan fingerprint density at radius 3 is 1.00 bits per heavy atom. The predicted octanol–water partition coefficient (Wildman–Crippen LogP) is -1.58. The van der Waals surface area contributed by atoms with E-state index < -0.39 is 7.25 Å². The molecule has 0 nitrogen and oxygen atoms in total. The second kappa shape index (κ2) is 3.57. The minimum atomic E-state index is -6.00. The average molecular weight is 173 g/mol. The molecule has 0 aromatic rings. The molecule has 6 heteroatoms. The Morgan fingerprint density at radius 2 is 1.00 bits per heavy atom. The summed E-state index contributed by atoms with van der Waals surface area (Å²) in [6.45, 7) is 0. The molecule has 0 rings (SSSR count). The summed E-state index contributed by atoms with van der Waals surface area (Å²) in [5.74, 6) is 0. The van der Waals surface area contributed by atoms with E-state index in [-0.39, 0.29) is 59.6 Å². The van der Waals surface area contributed by atoms with E-state index in [4.69, 9.17) is 0 Å². The number of rotatable bonds is 0. The van der Waals surface area contributed by atoms with Gasteiger partial charge in [0.15, 0.2) is 0 Å². The van der Waals surface area contributed by atoms with E-state index >= 15 is 0 Å². The first-order chi connectivity index (χ1) is 2.00. The van der Waals surface area contributed by atoms with Crippen molar-refractivity contribution in [3.63, 3.8) is 0 Å².